The molecule has 4 nitrogen and oxygen atoms in total. The van der Waals surface area contributed by atoms with Crippen LogP contribution in [0, 0.1) is 5.82 Å². The number of halogens is 3. The van der Waals surface area contributed by atoms with E-state index < -0.39 is 17.9 Å². The summed E-state index contributed by atoms with van der Waals surface area (Å²) >= 11 is 4.13. The third kappa shape index (κ3) is 3.09. The van der Waals surface area contributed by atoms with Gasteiger partial charge in [0.15, 0.2) is 5.82 Å². The van der Waals surface area contributed by atoms with Gasteiger partial charge in [-0.1, -0.05) is 0 Å². The average molecular weight is 351 g/mol. The molecule has 2 aromatic heterocycles. The number of rotatable bonds is 4. The maximum Gasteiger partial charge on any atom is 0.282 e. The van der Waals surface area contributed by atoms with Crippen molar-refractivity contribution in [1.82, 2.24) is 14.8 Å². The average Bonchev–Trinajstić information content (AvgIpc) is 3.00. The minimum Gasteiger partial charge on any atom is -0.497 e. The first-order valence-electron chi connectivity index (χ1n) is 6.87. The van der Waals surface area contributed by atoms with E-state index in [9.17, 15) is 13.2 Å². The molecule has 0 spiro atoms. The van der Waals surface area contributed by atoms with Crippen molar-refractivity contribution in [3.05, 3.63) is 54.1 Å². The molecule has 3 aromatic rings. The molecule has 0 saturated heterocycles. The summed E-state index contributed by atoms with van der Waals surface area (Å²) in [7, 11) is 1.41. The zero-order valence-corrected chi connectivity index (χ0v) is 13.3. The minimum absolute atomic E-state index is 0.118. The monoisotopic (exact) mass is 351 g/mol. The maximum absolute atomic E-state index is 14.4. The highest BCUT2D eigenvalue weighted by molar-refractivity contribution is 7.80. The van der Waals surface area contributed by atoms with Crippen LogP contribution in [0.15, 0.2) is 47.5 Å². The fourth-order valence-electron chi connectivity index (χ4n) is 2.21. The molecule has 0 aliphatic carbocycles. The second-order valence-electron chi connectivity index (χ2n) is 4.89. The van der Waals surface area contributed by atoms with Crippen LogP contribution in [0.2, 0.25) is 0 Å². The highest BCUT2D eigenvalue weighted by Gasteiger charge is 2.20. The molecule has 0 amide bonds. The molecule has 3 rings (SSSR count). The SMILES string of the molecule is COc1ccc(-c2cc(C(F)F)nn2-c2ccc(S)cn2)c(F)c1. The van der Waals surface area contributed by atoms with Gasteiger partial charge in [0.05, 0.1) is 12.8 Å². The summed E-state index contributed by atoms with van der Waals surface area (Å²) in [6.07, 6.45) is -1.33. The molecule has 0 atom stereocenters. The van der Waals surface area contributed by atoms with E-state index in [1.54, 1.807) is 18.2 Å². The van der Waals surface area contributed by atoms with Crippen molar-refractivity contribution in [2.24, 2.45) is 0 Å². The molecule has 0 N–H and O–H groups in total. The standard InChI is InChI=1S/C16H12F3N3OS/c1-23-9-2-4-11(12(17)6-9)14-7-13(16(18)19)21-22(14)15-5-3-10(24)8-20-15/h2-8,16,24H,1H3. The molecule has 124 valence electrons. The number of ether oxygens (including phenoxy) is 1. The Labute approximate surface area is 141 Å². The van der Waals surface area contributed by atoms with Crippen LogP contribution in [-0.4, -0.2) is 21.9 Å². The maximum atomic E-state index is 14.4. The van der Waals surface area contributed by atoms with Crippen LogP contribution in [0.4, 0.5) is 13.2 Å². The van der Waals surface area contributed by atoms with E-state index in [0.29, 0.717) is 10.6 Å². The smallest absolute Gasteiger partial charge is 0.282 e. The molecular formula is C16H12F3N3OS. The number of alkyl halides is 2. The molecule has 0 aliphatic heterocycles. The predicted molar refractivity (Wildman–Crippen MR) is 85.5 cm³/mol. The van der Waals surface area contributed by atoms with Crippen molar-refractivity contribution < 1.29 is 17.9 Å². The van der Waals surface area contributed by atoms with Gasteiger partial charge in [0, 0.05) is 22.7 Å². The molecule has 8 heteroatoms. The zero-order valence-electron chi connectivity index (χ0n) is 12.4. The van der Waals surface area contributed by atoms with Crippen LogP contribution in [0.25, 0.3) is 17.1 Å². The molecule has 0 unspecified atom stereocenters. The van der Waals surface area contributed by atoms with E-state index in [0.717, 1.165) is 6.07 Å². The molecule has 0 fully saturated rings. The molecule has 2 heterocycles. The molecule has 0 aliphatic rings. The molecule has 24 heavy (non-hydrogen) atoms. The predicted octanol–water partition coefficient (Wildman–Crippen LogP) is 4.31. The number of pyridine rings is 1. The summed E-state index contributed by atoms with van der Waals surface area (Å²) < 4.78 is 46.6. The van der Waals surface area contributed by atoms with Gasteiger partial charge in [-0.3, -0.25) is 0 Å². The molecule has 1 aromatic carbocycles. The van der Waals surface area contributed by atoms with Gasteiger partial charge in [0.25, 0.3) is 6.43 Å². The summed E-state index contributed by atoms with van der Waals surface area (Å²) in [5.74, 6) is 0.000926. The summed E-state index contributed by atoms with van der Waals surface area (Å²) in [6, 6.07) is 8.52. The summed E-state index contributed by atoms with van der Waals surface area (Å²) in [5.41, 5.74) is -0.172. The van der Waals surface area contributed by atoms with Gasteiger partial charge >= 0.3 is 0 Å². The van der Waals surface area contributed by atoms with Gasteiger partial charge in [0.2, 0.25) is 0 Å². The fraction of sp³-hybridized carbons (Fsp3) is 0.125. The second-order valence-corrected chi connectivity index (χ2v) is 5.40. The van der Waals surface area contributed by atoms with Crippen LogP contribution in [0.3, 0.4) is 0 Å². The van der Waals surface area contributed by atoms with E-state index in [4.69, 9.17) is 4.74 Å². The summed E-state index contributed by atoms with van der Waals surface area (Å²) in [6.45, 7) is 0. The minimum atomic E-state index is -2.78. The topological polar surface area (TPSA) is 39.9 Å². The van der Waals surface area contributed by atoms with Gasteiger partial charge in [-0.05, 0) is 30.3 Å². The Morgan fingerprint density at radius 2 is 1.96 bits per heavy atom. The highest BCUT2D eigenvalue weighted by atomic mass is 32.1. The van der Waals surface area contributed by atoms with Gasteiger partial charge in [0.1, 0.15) is 17.3 Å². The Bertz CT molecular complexity index is 866. The van der Waals surface area contributed by atoms with Crippen molar-refractivity contribution in [2.45, 2.75) is 11.3 Å². The lowest BCUT2D eigenvalue weighted by Crippen LogP contribution is -2.03. The van der Waals surface area contributed by atoms with Gasteiger partial charge in [-0.25, -0.2) is 22.8 Å². The number of methoxy groups -OCH3 is 1. The largest absolute Gasteiger partial charge is 0.497 e. The zero-order chi connectivity index (χ0) is 17.3. The van der Waals surface area contributed by atoms with Crippen molar-refractivity contribution in [3.8, 4) is 22.8 Å². The molecule has 0 bridgehead atoms. The van der Waals surface area contributed by atoms with E-state index in [-0.39, 0.29) is 17.1 Å². The third-order valence-electron chi connectivity index (χ3n) is 3.35. The van der Waals surface area contributed by atoms with E-state index >= 15 is 0 Å². The Kier molecular flexibility index (Phi) is 4.48. The van der Waals surface area contributed by atoms with Crippen molar-refractivity contribution in [3.63, 3.8) is 0 Å². The summed E-state index contributed by atoms with van der Waals surface area (Å²) in [4.78, 5) is 4.71. The van der Waals surface area contributed by atoms with Crippen molar-refractivity contribution in [1.29, 1.82) is 0 Å². The molecule has 0 saturated carbocycles. The first kappa shape index (κ1) is 16.4. The highest BCUT2D eigenvalue weighted by Crippen LogP contribution is 2.31. The van der Waals surface area contributed by atoms with Crippen LogP contribution in [-0.2, 0) is 0 Å². The Morgan fingerprint density at radius 1 is 1.17 bits per heavy atom. The number of hydrogen-bond acceptors (Lipinski definition) is 4. The second kappa shape index (κ2) is 6.56. The van der Waals surface area contributed by atoms with E-state index in [2.05, 4.69) is 22.7 Å². The molecular weight excluding hydrogens is 339 g/mol. The number of nitrogens with zero attached hydrogens (tertiary/aromatic N) is 3. The Balaban J connectivity index is 2.18. The van der Waals surface area contributed by atoms with Crippen molar-refractivity contribution >= 4 is 12.6 Å². The number of aromatic nitrogens is 3. The fourth-order valence-corrected chi connectivity index (χ4v) is 2.34. The van der Waals surface area contributed by atoms with Crippen LogP contribution >= 0.6 is 12.6 Å². The third-order valence-corrected chi connectivity index (χ3v) is 3.62. The van der Waals surface area contributed by atoms with Gasteiger partial charge in [-0.2, -0.15) is 5.10 Å². The Morgan fingerprint density at radius 3 is 2.54 bits per heavy atom. The van der Waals surface area contributed by atoms with E-state index in [1.807, 2.05) is 0 Å². The van der Waals surface area contributed by atoms with Gasteiger partial charge < -0.3 is 4.74 Å². The quantitative estimate of drug-likeness (QED) is 0.712. The number of benzene rings is 1. The van der Waals surface area contributed by atoms with Crippen LogP contribution < -0.4 is 4.74 Å². The first-order chi connectivity index (χ1) is 11.5. The Hall–Kier alpha value is -2.48. The van der Waals surface area contributed by atoms with Gasteiger partial charge in [-0.15, -0.1) is 12.6 Å². The van der Waals surface area contributed by atoms with Crippen LogP contribution in [0.5, 0.6) is 5.75 Å². The molecule has 0 radical (unpaired) electrons. The summed E-state index contributed by atoms with van der Waals surface area (Å²) in [5, 5.41) is 3.85. The van der Waals surface area contributed by atoms with Crippen molar-refractivity contribution in [2.75, 3.05) is 7.11 Å². The lowest BCUT2D eigenvalue weighted by atomic mass is 10.1. The first-order valence-corrected chi connectivity index (χ1v) is 7.31. The number of hydrogen-bond donors (Lipinski definition) is 1. The lowest BCUT2D eigenvalue weighted by Gasteiger charge is -2.09. The van der Waals surface area contributed by atoms with Crippen LogP contribution in [0.1, 0.15) is 12.1 Å². The van der Waals surface area contributed by atoms with E-state index in [1.165, 1.54) is 30.1 Å². The lowest BCUT2D eigenvalue weighted by molar-refractivity contribution is 0.145. The normalized spacial score (nSPS) is 11.1. The number of thiol groups is 1.